The molecule has 0 unspecified atom stereocenters. The maximum absolute atomic E-state index is 5.68. The summed E-state index contributed by atoms with van der Waals surface area (Å²) in [5.41, 5.74) is 6.78. The van der Waals surface area contributed by atoms with E-state index in [0.717, 1.165) is 37.0 Å². The van der Waals surface area contributed by atoms with E-state index in [4.69, 9.17) is 10.5 Å². The number of anilines is 2. The third-order valence-electron chi connectivity index (χ3n) is 4.04. The lowest BCUT2D eigenvalue weighted by Crippen LogP contribution is -2.37. The Labute approximate surface area is 115 Å². The summed E-state index contributed by atoms with van der Waals surface area (Å²) in [6.07, 6.45) is 4.18. The van der Waals surface area contributed by atoms with Gasteiger partial charge in [0.05, 0.1) is 0 Å². The van der Waals surface area contributed by atoms with E-state index < -0.39 is 0 Å². The first kappa shape index (κ1) is 14.1. The smallest absolute Gasteiger partial charge is 0.221 e. The van der Waals surface area contributed by atoms with Gasteiger partial charge in [-0.3, -0.25) is 0 Å². The molecule has 5 heteroatoms. The van der Waals surface area contributed by atoms with Crippen LogP contribution in [-0.4, -0.2) is 36.8 Å². The van der Waals surface area contributed by atoms with Gasteiger partial charge in [0.1, 0.15) is 5.82 Å². The molecule has 1 atom stereocenters. The van der Waals surface area contributed by atoms with Crippen LogP contribution in [0.5, 0.6) is 0 Å². The van der Waals surface area contributed by atoms with Gasteiger partial charge < -0.3 is 15.4 Å². The third kappa shape index (κ3) is 3.35. The van der Waals surface area contributed by atoms with E-state index in [0.29, 0.717) is 11.9 Å². The molecule has 1 saturated heterocycles. The lowest BCUT2D eigenvalue weighted by atomic mass is 9.86. The fourth-order valence-electron chi connectivity index (χ4n) is 2.85. The highest BCUT2D eigenvalue weighted by Gasteiger charge is 2.25. The molecule has 5 nitrogen and oxygen atoms in total. The molecule has 1 aromatic rings. The molecule has 1 aliphatic heterocycles. The van der Waals surface area contributed by atoms with Crippen molar-refractivity contribution in [3.05, 3.63) is 11.8 Å². The SMILES string of the molecule is COC[C@H](C)C1CCN(c2nc(N)ncc2C)CC1. The zero-order valence-electron chi connectivity index (χ0n) is 12.1. The minimum Gasteiger partial charge on any atom is -0.384 e. The molecular weight excluding hydrogens is 240 g/mol. The standard InChI is InChI=1S/C14H24N4O/c1-10-8-16-14(15)17-13(10)18-6-4-12(5-7-18)11(2)9-19-3/h8,11-12H,4-7,9H2,1-3H3,(H2,15,16,17)/t11-/m0/s1. The van der Waals surface area contributed by atoms with Gasteiger partial charge in [-0.2, -0.15) is 4.98 Å². The molecule has 0 aliphatic carbocycles. The Morgan fingerprint density at radius 3 is 2.79 bits per heavy atom. The molecule has 19 heavy (non-hydrogen) atoms. The molecule has 0 spiro atoms. The van der Waals surface area contributed by atoms with E-state index in [-0.39, 0.29) is 0 Å². The van der Waals surface area contributed by atoms with Gasteiger partial charge in [-0.15, -0.1) is 0 Å². The van der Waals surface area contributed by atoms with Crippen LogP contribution < -0.4 is 10.6 Å². The summed E-state index contributed by atoms with van der Waals surface area (Å²) in [6.45, 7) is 7.24. The van der Waals surface area contributed by atoms with Gasteiger partial charge in [0.25, 0.3) is 0 Å². The second-order valence-corrected chi connectivity index (χ2v) is 5.49. The lowest BCUT2D eigenvalue weighted by Gasteiger charge is -2.35. The number of nitrogen functional groups attached to an aromatic ring is 1. The van der Waals surface area contributed by atoms with Crippen molar-refractivity contribution in [3.63, 3.8) is 0 Å². The molecule has 1 aromatic heterocycles. The number of methoxy groups -OCH3 is 1. The van der Waals surface area contributed by atoms with Crippen molar-refractivity contribution in [2.75, 3.05) is 37.4 Å². The van der Waals surface area contributed by atoms with Crippen LogP contribution in [0.2, 0.25) is 0 Å². The van der Waals surface area contributed by atoms with Crippen LogP contribution in [0.4, 0.5) is 11.8 Å². The van der Waals surface area contributed by atoms with E-state index in [2.05, 4.69) is 21.8 Å². The highest BCUT2D eigenvalue weighted by atomic mass is 16.5. The van der Waals surface area contributed by atoms with Crippen molar-refractivity contribution < 1.29 is 4.74 Å². The van der Waals surface area contributed by atoms with E-state index >= 15 is 0 Å². The molecular formula is C14H24N4O. The molecule has 0 radical (unpaired) electrons. The Kier molecular flexibility index (Phi) is 4.58. The topological polar surface area (TPSA) is 64.3 Å². The quantitative estimate of drug-likeness (QED) is 0.899. The largest absolute Gasteiger partial charge is 0.384 e. The fourth-order valence-corrected chi connectivity index (χ4v) is 2.85. The number of hydrogen-bond acceptors (Lipinski definition) is 5. The first-order chi connectivity index (χ1) is 9.11. The van der Waals surface area contributed by atoms with Crippen molar-refractivity contribution in [3.8, 4) is 0 Å². The molecule has 0 saturated carbocycles. The number of hydrogen-bond donors (Lipinski definition) is 1. The highest BCUT2D eigenvalue weighted by Crippen LogP contribution is 2.28. The molecule has 2 rings (SSSR count). The minimum absolute atomic E-state index is 0.357. The Hall–Kier alpha value is -1.36. The number of ether oxygens (including phenoxy) is 1. The van der Waals surface area contributed by atoms with Crippen molar-refractivity contribution in [2.24, 2.45) is 11.8 Å². The van der Waals surface area contributed by atoms with Gasteiger partial charge in [-0.1, -0.05) is 6.92 Å². The normalized spacial score (nSPS) is 18.6. The summed E-state index contributed by atoms with van der Waals surface area (Å²) < 4.78 is 5.25. The summed E-state index contributed by atoms with van der Waals surface area (Å²) >= 11 is 0. The Morgan fingerprint density at radius 2 is 2.16 bits per heavy atom. The maximum atomic E-state index is 5.68. The zero-order chi connectivity index (χ0) is 13.8. The van der Waals surface area contributed by atoms with Crippen molar-refractivity contribution in [1.29, 1.82) is 0 Å². The van der Waals surface area contributed by atoms with E-state index in [1.807, 2.05) is 6.92 Å². The van der Waals surface area contributed by atoms with Crippen molar-refractivity contribution in [2.45, 2.75) is 26.7 Å². The third-order valence-corrected chi connectivity index (χ3v) is 4.04. The first-order valence-electron chi connectivity index (χ1n) is 6.94. The summed E-state index contributed by atoms with van der Waals surface area (Å²) in [5, 5.41) is 0. The Bertz CT molecular complexity index is 416. The predicted molar refractivity (Wildman–Crippen MR) is 77.2 cm³/mol. The van der Waals surface area contributed by atoms with Crippen LogP contribution in [0.15, 0.2) is 6.20 Å². The number of piperidine rings is 1. The van der Waals surface area contributed by atoms with Crippen molar-refractivity contribution >= 4 is 11.8 Å². The van der Waals surface area contributed by atoms with E-state index in [1.165, 1.54) is 12.8 Å². The molecule has 2 N–H and O–H groups in total. The van der Waals surface area contributed by atoms with Crippen LogP contribution in [-0.2, 0) is 4.74 Å². The van der Waals surface area contributed by atoms with Gasteiger partial charge in [0.15, 0.2) is 0 Å². The average Bonchev–Trinajstić information content (AvgIpc) is 2.42. The molecule has 106 valence electrons. The maximum Gasteiger partial charge on any atom is 0.221 e. The summed E-state index contributed by atoms with van der Waals surface area (Å²) in [7, 11) is 1.78. The number of aromatic nitrogens is 2. The Morgan fingerprint density at radius 1 is 1.47 bits per heavy atom. The molecule has 1 fully saturated rings. The second kappa shape index (κ2) is 6.19. The fraction of sp³-hybridized carbons (Fsp3) is 0.714. The number of nitrogens with two attached hydrogens (primary N) is 1. The van der Waals surface area contributed by atoms with Gasteiger partial charge in [-0.05, 0) is 31.6 Å². The van der Waals surface area contributed by atoms with E-state index in [9.17, 15) is 0 Å². The van der Waals surface area contributed by atoms with Gasteiger partial charge >= 0.3 is 0 Å². The average molecular weight is 264 g/mol. The molecule has 0 amide bonds. The summed E-state index contributed by atoms with van der Waals surface area (Å²) in [6, 6.07) is 0. The summed E-state index contributed by atoms with van der Waals surface area (Å²) in [5.74, 6) is 2.72. The lowest BCUT2D eigenvalue weighted by molar-refractivity contribution is 0.120. The van der Waals surface area contributed by atoms with Gasteiger partial charge in [0, 0.05) is 38.6 Å². The molecule has 1 aliphatic rings. The molecule has 0 aromatic carbocycles. The number of rotatable bonds is 4. The highest BCUT2D eigenvalue weighted by molar-refractivity contribution is 5.48. The van der Waals surface area contributed by atoms with Crippen LogP contribution in [0.25, 0.3) is 0 Å². The monoisotopic (exact) mass is 264 g/mol. The summed E-state index contributed by atoms with van der Waals surface area (Å²) in [4.78, 5) is 10.7. The van der Waals surface area contributed by atoms with Gasteiger partial charge in [0.2, 0.25) is 5.95 Å². The van der Waals surface area contributed by atoms with Crippen LogP contribution in [0.3, 0.4) is 0 Å². The van der Waals surface area contributed by atoms with Crippen LogP contribution in [0, 0.1) is 18.8 Å². The first-order valence-corrected chi connectivity index (χ1v) is 6.94. The second-order valence-electron chi connectivity index (χ2n) is 5.49. The van der Waals surface area contributed by atoms with Crippen LogP contribution in [0.1, 0.15) is 25.3 Å². The van der Waals surface area contributed by atoms with Crippen LogP contribution >= 0.6 is 0 Å². The van der Waals surface area contributed by atoms with Crippen molar-refractivity contribution in [1.82, 2.24) is 9.97 Å². The Balaban J connectivity index is 1.98. The van der Waals surface area contributed by atoms with Gasteiger partial charge in [-0.25, -0.2) is 4.98 Å². The minimum atomic E-state index is 0.357. The van der Waals surface area contributed by atoms with E-state index in [1.54, 1.807) is 13.3 Å². The number of aryl methyl sites for hydroxylation is 1. The predicted octanol–water partition coefficient (Wildman–Crippen LogP) is 1.87. The molecule has 0 bridgehead atoms. The zero-order valence-corrected chi connectivity index (χ0v) is 12.1. The molecule has 2 heterocycles. The number of nitrogens with zero attached hydrogens (tertiary/aromatic N) is 3.